The van der Waals surface area contributed by atoms with Crippen LogP contribution in [-0.2, 0) is 27.1 Å². The van der Waals surface area contributed by atoms with E-state index < -0.39 is 188 Å². The van der Waals surface area contributed by atoms with E-state index in [1.54, 1.807) is 24.4 Å². The number of pyridine rings is 1. The Hall–Kier alpha value is -6.72. The minimum Gasteiger partial charge on any atom is -0.458 e. The first-order valence-corrected chi connectivity index (χ1v) is 22.1. The molecule has 0 amide bonds. The summed E-state index contributed by atoms with van der Waals surface area (Å²) in [7, 11) is 0. The molecule has 0 radical (unpaired) electrons. The molecule has 0 bridgehead atoms. The third-order valence-electron chi connectivity index (χ3n) is 12.6. The Bertz CT molecular complexity index is 4880. The molecule has 6 aromatic carbocycles. The number of nitrogens with zero attached hydrogens (tertiary/aromatic N) is 4. The van der Waals surface area contributed by atoms with Gasteiger partial charge in [-0.05, 0) is 158 Å². The first-order valence-electron chi connectivity index (χ1n) is 40.6. The summed E-state index contributed by atoms with van der Waals surface area (Å²) in [5.41, 5.74) is -28.1. The van der Waals surface area contributed by atoms with Crippen LogP contribution < -0.4 is 9.30 Å². The standard InChI is InChI=1S/C65H68N4O/c1-12-65(11)33-32-64(9,10)56-38-44(24-28-54(56)65)50-21-16-20-49(43-23-27-53-55(37-43)63(7,8)31-30-62(53,5)6)60(50)68-36-35-67(42-68)46-17-15-18-47(40-46)70-48-25-26-52-51-19-13-14-22-57(51)69(58(52)41-48)59-39-45(29-34-66-59)61(2,3)4/h13-29,34-41H,12,30-33H2,1-11H3/i5D3,6D3,7D3,8D3,9D3,10D3,11D3,12D2,23D,24D,27D,28D,30D2,31D2,32D2,33D2,37D,38D. The molecule has 1 atom stereocenters. The molecule has 5 heteroatoms. The smallest absolute Gasteiger partial charge is 0.268 e. The zero-order valence-corrected chi connectivity index (χ0v) is 38.2. The molecule has 0 saturated carbocycles. The van der Waals surface area contributed by atoms with Crippen molar-refractivity contribution in [1.82, 2.24) is 14.1 Å². The summed E-state index contributed by atoms with van der Waals surface area (Å²) in [6.07, 6.45) is -15.6. The van der Waals surface area contributed by atoms with E-state index in [1.165, 1.54) is 29.0 Å². The molecule has 11 rings (SSSR count). The second kappa shape index (κ2) is 16.4. The van der Waals surface area contributed by atoms with Gasteiger partial charge >= 0.3 is 0 Å². The molecule has 5 nitrogen and oxygen atoms in total. The van der Waals surface area contributed by atoms with Crippen LogP contribution in [0.3, 0.4) is 0 Å². The van der Waals surface area contributed by atoms with Crippen LogP contribution in [0, 0.1) is 6.33 Å². The molecule has 0 fully saturated rings. The third kappa shape index (κ3) is 7.77. The second-order valence-corrected chi connectivity index (χ2v) is 18.4. The molecule has 354 valence electrons. The van der Waals surface area contributed by atoms with Crippen LogP contribution in [0.1, 0.15) is 186 Å². The summed E-state index contributed by atoms with van der Waals surface area (Å²) in [6.45, 7) is -24.7. The summed E-state index contributed by atoms with van der Waals surface area (Å²) >= 11 is 0. The van der Waals surface area contributed by atoms with E-state index in [9.17, 15) is 19.2 Å². The number of imidazole rings is 1. The average molecular weight is 959 g/mol. The van der Waals surface area contributed by atoms with Crippen molar-refractivity contribution in [1.29, 1.82) is 0 Å². The Morgan fingerprint density at radius 2 is 1.36 bits per heavy atom. The molecule has 1 unspecified atom stereocenters. The highest BCUT2D eigenvalue weighted by Gasteiger charge is 2.40. The quantitative estimate of drug-likeness (QED) is 0.112. The molecular weight excluding hydrogens is 853 g/mol. The number of benzene rings is 6. The number of ether oxygens (including phenoxy) is 1. The molecule has 70 heavy (non-hydrogen) atoms. The van der Waals surface area contributed by atoms with E-state index in [0.717, 1.165) is 50.8 Å². The van der Waals surface area contributed by atoms with E-state index in [4.69, 9.17) is 41.2 Å². The van der Waals surface area contributed by atoms with Gasteiger partial charge in [-0.1, -0.05) is 154 Å². The minimum absolute atomic E-state index is 0.140. The zero-order valence-electron chi connectivity index (χ0n) is 75.2. The average Bonchev–Trinajstić information content (AvgIpc) is 1.04. The number of hydrogen-bond acceptors (Lipinski definition) is 2. The van der Waals surface area contributed by atoms with E-state index in [0.29, 0.717) is 24.0 Å². The molecule has 3 heterocycles. The van der Waals surface area contributed by atoms with Gasteiger partial charge in [0.05, 0.1) is 30.6 Å². The van der Waals surface area contributed by atoms with Crippen LogP contribution >= 0.6 is 0 Å². The summed E-state index contributed by atoms with van der Waals surface area (Å²) in [5.74, 6) is 1.06. The van der Waals surface area contributed by atoms with Gasteiger partial charge in [-0.25, -0.2) is 4.98 Å². The Labute approximate surface area is 467 Å². The maximum atomic E-state index is 10.3. The van der Waals surface area contributed by atoms with E-state index in [2.05, 4.69) is 27.1 Å². The van der Waals surface area contributed by atoms with Crippen LogP contribution in [0.5, 0.6) is 11.5 Å². The van der Waals surface area contributed by atoms with Crippen LogP contribution in [0.4, 0.5) is 0 Å². The van der Waals surface area contributed by atoms with Crippen molar-refractivity contribution >= 4 is 21.8 Å². The molecule has 0 saturated heterocycles. The van der Waals surface area contributed by atoms with Crippen molar-refractivity contribution in [2.75, 3.05) is 0 Å². The minimum atomic E-state index is -4.81. The van der Waals surface area contributed by atoms with Gasteiger partial charge < -0.3 is 4.74 Å². The van der Waals surface area contributed by atoms with Crippen molar-refractivity contribution in [2.24, 2.45) is 0 Å². The predicted octanol–water partition coefficient (Wildman–Crippen LogP) is 16.6. The van der Waals surface area contributed by atoms with Crippen molar-refractivity contribution in [2.45, 2.75) is 135 Å². The fourth-order valence-electron chi connectivity index (χ4n) is 8.91. The highest BCUT2D eigenvalue weighted by molar-refractivity contribution is 6.09. The van der Waals surface area contributed by atoms with Crippen molar-refractivity contribution in [3.8, 4) is 50.9 Å². The zero-order chi connectivity index (χ0) is 80.6. The summed E-state index contributed by atoms with van der Waals surface area (Å²) < 4.78 is 352. The first-order chi connectivity index (χ1) is 48.4. The Morgan fingerprint density at radius 3 is 2.07 bits per heavy atom. The molecule has 3 aromatic heterocycles. The van der Waals surface area contributed by atoms with Crippen LogP contribution in [0.25, 0.3) is 61.3 Å². The van der Waals surface area contributed by atoms with Gasteiger partial charge in [-0.15, -0.1) is 0 Å². The lowest BCUT2D eigenvalue weighted by molar-refractivity contribution is -0.598. The maximum Gasteiger partial charge on any atom is 0.268 e. The first kappa shape index (κ1) is 20.2. The Balaban J connectivity index is 1.27. The highest BCUT2D eigenvalue weighted by Crippen LogP contribution is 2.50. The normalized spacial score (nSPS) is 30.3. The van der Waals surface area contributed by atoms with Gasteiger partial charge in [0.15, 0.2) is 0 Å². The van der Waals surface area contributed by atoms with Crippen molar-refractivity contribution in [3.05, 3.63) is 186 Å². The number of aromatic nitrogens is 4. The highest BCUT2D eigenvalue weighted by atomic mass is 16.5. The predicted molar refractivity (Wildman–Crippen MR) is 290 cm³/mol. The van der Waals surface area contributed by atoms with E-state index in [1.807, 2.05) is 47.0 Å². The summed E-state index contributed by atoms with van der Waals surface area (Å²) in [6, 6.07) is 15.8. The number of hydrogen-bond donors (Lipinski definition) is 0. The number of para-hydroxylation sites is 2. The lowest BCUT2D eigenvalue weighted by Crippen LogP contribution is -2.35. The fourth-order valence-corrected chi connectivity index (χ4v) is 8.91. The maximum absolute atomic E-state index is 10.3. The fraction of sp³-hybridized carbons (Fsp3) is 0.323. The van der Waals surface area contributed by atoms with Gasteiger partial charge in [0.2, 0.25) is 0 Å². The second-order valence-electron chi connectivity index (χ2n) is 18.4. The molecule has 0 spiro atoms. The van der Waals surface area contributed by atoms with Crippen LogP contribution in [0.15, 0.2) is 152 Å². The Morgan fingerprint density at radius 1 is 0.700 bits per heavy atom. The van der Waals surface area contributed by atoms with Gasteiger partial charge in [-0.2, -0.15) is 0 Å². The van der Waals surface area contributed by atoms with Crippen LogP contribution in [0.2, 0.25) is 0 Å². The van der Waals surface area contributed by atoms with Crippen molar-refractivity contribution in [3.63, 3.8) is 0 Å². The van der Waals surface area contributed by atoms with Gasteiger partial charge in [0.1, 0.15) is 17.3 Å². The van der Waals surface area contributed by atoms with E-state index >= 15 is 0 Å². The molecule has 9 aromatic rings. The lowest BCUT2D eigenvalue weighted by Gasteiger charge is -2.43. The van der Waals surface area contributed by atoms with Crippen LogP contribution in [-0.4, -0.2) is 14.1 Å². The number of fused-ring (bicyclic) bond motifs is 5. The summed E-state index contributed by atoms with van der Waals surface area (Å²) in [4.78, 5) is 4.75. The van der Waals surface area contributed by atoms with Crippen molar-refractivity contribution < 1.29 is 60.0 Å². The topological polar surface area (TPSA) is 35.9 Å². The monoisotopic (exact) mass is 958 g/mol. The van der Waals surface area contributed by atoms with E-state index in [-0.39, 0.29) is 16.9 Å². The molecule has 2 aliphatic carbocycles. The molecular formula is C65H68N4O. The SMILES string of the molecule is [2H]c1c([2H])c2c(c([2H])c1-c1cccc(-c3c([2H])c([2H])c4c(c3[2H])C(C([2H])([2H])[2H])(C([2H])([2H])[2H])C([2H])([2H])C([2H])([2H])C4(C([2H])([2H])[2H])C([2H])([2H])C)c1-[n+]1[c-]n(-c3cccc(Oc4ccc5c6ccccc6n(-c6cc(C(C)(C)C)ccn6)c5c4)c3)cc1)C(C([2H])([2H])[2H])(C([2H])([2H])[2H])C([2H])([2H])C([2H])([2H])C2(C([2H])([2H])[2H])C([2H])([2H])[2H]. The van der Waals surface area contributed by atoms with Gasteiger partial charge in [-0.3, -0.25) is 13.7 Å². The third-order valence-corrected chi connectivity index (χ3v) is 12.6. The molecule has 2 aliphatic rings. The number of rotatable bonds is 8. The van der Waals surface area contributed by atoms with Gasteiger partial charge in [0.25, 0.3) is 6.33 Å². The van der Waals surface area contributed by atoms with Gasteiger partial charge in [0, 0.05) is 77.9 Å². The largest absolute Gasteiger partial charge is 0.458 e. The summed E-state index contributed by atoms with van der Waals surface area (Å²) in [5, 5.41) is 1.74. The molecule has 0 N–H and O–H groups in total. The Kier molecular flexibility index (Phi) is 4.74. The molecule has 0 aliphatic heterocycles. The lowest BCUT2D eigenvalue weighted by atomic mass is 9.61.